The lowest BCUT2D eigenvalue weighted by Crippen LogP contribution is -2.46. The van der Waals surface area contributed by atoms with Gasteiger partial charge >= 0.3 is 0 Å². The van der Waals surface area contributed by atoms with Crippen molar-refractivity contribution in [3.8, 4) is 0 Å². The zero-order valence-electron chi connectivity index (χ0n) is 15.0. The number of halogens is 1. The monoisotopic (exact) mass is 352 g/mol. The molecular formula is C22H25FN2O. The van der Waals surface area contributed by atoms with Crippen LogP contribution in [0.15, 0.2) is 48.5 Å². The second kappa shape index (κ2) is 7.58. The van der Waals surface area contributed by atoms with Crippen LogP contribution in [0.5, 0.6) is 0 Å². The Bertz CT molecular complexity index is 791. The van der Waals surface area contributed by atoms with Crippen LogP contribution in [0, 0.1) is 11.7 Å². The van der Waals surface area contributed by atoms with Crippen molar-refractivity contribution in [1.29, 1.82) is 0 Å². The molecule has 2 aliphatic rings. The number of fused-ring (bicyclic) bond motifs is 1. The first-order valence-electron chi connectivity index (χ1n) is 9.51. The van der Waals surface area contributed by atoms with E-state index < -0.39 is 0 Å². The molecule has 4 heteroatoms. The Hall–Kier alpha value is -2.20. The van der Waals surface area contributed by atoms with Gasteiger partial charge in [-0.3, -0.25) is 9.69 Å². The standard InChI is InChI=1S/C22H25FN2O/c23-21-9-3-5-17(13-21)14-24-11-4-8-20(15-24)22(26)25-12-10-18-6-1-2-7-19(18)16-25/h1-3,5-7,9,13,20H,4,8,10-12,14-16H2/t20-/m1/s1. The Morgan fingerprint density at radius 1 is 1.08 bits per heavy atom. The normalized spacial score (nSPS) is 20.7. The fourth-order valence-electron chi connectivity index (χ4n) is 4.24. The second-order valence-electron chi connectivity index (χ2n) is 7.48. The van der Waals surface area contributed by atoms with Crippen molar-refractivity contribution in [2.24, 2.45) is 5.92 Å². The van der Waals surface area contributed by atoms with Crippen LogP contribution in [-0.2, 0) is 24.3 Å². The van der Waals surface area contributed by atoms with Crippen LogP contribution in [0.3, 0.4) is 0 Å². The van der Waals surface area contributed by atoms with Crippen molar-refractivity contribution in [2.45, 2.75) is 32.4 Å². The van der Waals surface area contributed by atoms with Crippen molar-refractivity contribution in [3.05, 3.63) is 71.0 Å². The van der Waals surface area contributed by atoms with Crippen LogP contribution in [0.2, 0.25) is 0 Å². The molecule has 0 unspecified atom stereocenters. The van der Waals surface area contributed by atoms with E-state index in [4.69, 9.17) is 0 Å². The largest absolute Gasteiger partial charge is 0.338 e. The Balaban J connectivity index is 1.39. The topological polar surface area (TPSA) is 23.6 Å². The van der Waals surface area contributed by atoms with Gasteiger partial charge in [0.05, 0.1) is 5.92 Å². The second-order valence-corrected chi connectivity index (χ2v) is 7.48. The molecule has 0 aromatic heterocycles. The van der Waals surface area contributed by atoms with Gasteiger partial charge < -0.3 is 4.90 Å². The molecule has 0 N–H and O–H groups in total. The maximum Gasteiger partial charge on any atom is 0.227 e. The molecule has 0 radical (unpaired) electrons. The summed E-state index contributed by atoms with van der Waals surface area (Å²) >= 11 is 0. The quantitative estimate of drug-likeness (QED) is 0.842. The molecule has 1 amide bonds. The van der Waals surface area contributed by atoms with Crippen LogP contribution < -0.4 is 0 Å². The highest BCUT2D eigenvalue weighted by molar-refractivity contribution is 5.79. The number of likely N-dealkylation sites (tertiary alicyclic amines) is 1. The molecule has 0 bridgehead atoms. The van der Waals surface area contributed by atoms with E-state index in [0.717, 1.165) is 51.0 Å². The Morgan fingerprint density at radius 2 is 1.92 bits per heavy atom. The fraction of sp³-hybridized carbons (Fsp3) is 0.409. The molecule has 1 fully saturated rings. The predicted molar refractivity (Wildman–Crippen MR) is 100.0 cm³/mol. The lowest BCUT2D eigenvalue weighted by molar-refractivity contribution is -0.138. The molecular weight excluding hydrogens is 327 g/mol. The van der Waals surface area contributed by atoms with E-state index in [9.17, 15) is 9.18 Å². The van der Waals surface area contributed by atoms with Gasteiger partial charge in [0.1, 0.15) is 5.82 Å². The van der Waals surface area contributed by atoms with Gasteiger partial charge in [-0.1, -0.05) is 36.4 Å². The Morgan fingerprint density at radius 3 is 2.77 bits per heavy atom. The molecule has 0 spiro atoms. The lowest BCUT2D eigenvalue weighted by atomic mass is 9.93. The summed E-state index contributed by atoms with van der Waals surface area (Å²) in [7, 11) is 0. The van der Waals surface area contributed by atoms with E-state index in [1.165, 1.54) is 17.2 Å². The molecule has 3 nitrogen and oxygen atoms in total. The summed E-state index contributed by atoms with van der Waals surface area (Å²) in [6, 6.07) is 15.2. The van der Waals surface area contributed by atoms with Crippen molar-refractivity contribution in [1.82, 2.24) is 9.80 Å². The summed E-state index contributed by atoms with van der Waals surface area (Å²) in [5.74, 6) is 0.144. The molecule has 1 saturated heterocycles. The van der Waals surface area contributed by atoms with Gasteiger partial charge in [-0.25, -0.2) is 4.39 Å². The van der Waals surface area contributed by atoms with E-state index in [0.29, 0.717) is 6.54 Å². The van der Waals surface area contributed by atoms with Crippen molar-refractivity contribution < 1.29 is 9.18 Å². The third-order valence-corrected chi connectivity index (χ3v) is 5.59. The number of rotatable bonds is 3. The number of carbonyl (C=O) groups is 1. The van der Waals surface area contributed by atoms with E-state index in [2.05, 4.69) is 23.1 Å². The minimum atomic E-state index is -0.195. The van der Waals surface area contributed by atoms with Gasteiger partial charge in [0.15, 0.2) is 0 Å². The summed E-state index contributed by atoms with van der Waals surface area (Å²) in [5, 5.41) is 0. The summed E-state index contributed by atoms with van der Waals surface area (Å²) in [6.07, 6.45) is 2.93. The van der Waals surface area contributed by atoms with E-state index in [1.54, 1.807) is 12.1 Å². The molecule has 2 aliphatic heterocycles. The molecule has 1 atom stereocenters. The van der Waals surface area contributed by atoms with E-state index in [1.807, 2.05) is 17.0 Å². The predicted octanol–water partition coefficient (Wildman–Crippen LogP) is 3.62. The van der Waals surface area contributed by atoms with Crippen LogP contribution in [-0.4, -0.2) is 35.3 Å². The maximum atomic E-state index is 13.4. The molecule has 0 saturated carbocycles. The highest BCUT2D eigenvalue weighted by Gasteiger charge is 2.30. The molecule has 2 aromatic rings. The molecule has 2 aromatic carbocycles. The maximum absolute atomic E-state index is 13.4. The van der Waals surface area contributed by atoms with E-state index >= 15 is 0 Å². The SMILES string of the molecule is O=C([C@@H]1CCCN(Cc2cccc(F)c2)C1)N1CCc2ccccc2C1. The van der Waals surface area contributed by atoms with Crippen LogP contribution in [0.4, 0.5) is 4.39 Å². The average molecular weight is 352 g/mol. The van der Waals surface area contributed by atoms with Crippen molar-refractivity contribution in [3.63, 3.8) is 0 Å². The zero-order valence-corrected chi connectivity index (χ0v) is 15.0. The summed E-state index contributed by atoms with van der Waals surface area (Å²) < 4.78 is 13.4. The van der Waals surface area contributed by atoms with Gasteiger partial charge in [-0.05, 0) is 54.6 Å². The zero-order chi connectivity index (χ0) is 17.9. The van der Waals surface area contributed by atoms with Gasteiger partial charge in [-0.15, -0.1) is 0 Å². The Labute approximate surface area is 154 Å². The number of carbonyl (C=O) groups excluding carboxylic acids is 1. The first-order chi connectivity index (χ1) is 12.7. The third kappa shape index (κ3) is 3.80. The molecule has 0 aliphatic carbocycles. The van der Waals surface area contributed by atoms with Gasteiger partial charge in [0.2, 0.25) is 5.91 Å². The number of hydrogen-bond acceptors (Lipinski definition) is 2. The Kier molecular flexibility index (Phi) is 5.02. The highest BCUT2D eigenvalue weighted by Crippen LogP contribution is 2.25. The number of piperidine rings is 1. The van der Waals surface area contributed by atoms with Crippen molar-refractivity contribution in [2.75, 3.05) is 19.6 Å². The minimum absolute atomic E-state index is 0.0579. The first-order valence-corrected chi connectivity index (χ1v) is 9.51. The van der Waals surface area contributed by atoms with E-state index in [-0.39, 0.29) is 17.6 Å². The minimum Gasteiger partial charge on any atom is -0.338 e. The average Bonchev–Trinajstić information content (AvgIpc) is 2.67. The molecule has 136 valence electrons. The lowest BCUT2D eigenvalue weighted by Gasteiger charge is -2.36. The number of nitrogens with zero attached hydrogens (tertiary/aromatic N) is 2. The first kappa shape index (κ1) is 17.2. The number of amides is 1. The van der Waals surface area contributed by atoms with Crippen LogP contribution in [0.25, 0.3) is 0 Å². The highest BCUT2D eigenvalue weighted by atomic mass is 19.1. The van der Waals surface area contributed by atoms with Crippen LogP contribution in [0.1, 0.15) is 29.5 Å². The third-order valence-electron chi connectivity index (χ3n) is 5.59. The number of benzene rings is 2. The summed E-state index contributed by atoms with van der Waals surface area (Å²) in [5.41, 5.74) is 3.62. The summed E-state index contributed by atoms with van der Waals surface area (Å²) in [4.78, 5) is 17.4. The van der Waals surface area contributed by atoms with Gasteiger partial charge in [0.25, 0.3) is 0 Å². The fourth-order valence-corrected chi connectivity index (χ4v) is 4.24. The molecule has 4 rings (SSSR count). The number of hydrogen-bond donors (Lipinski definition) is 0. The summed E-state index contributed by atoms with van der Waals surface area (Å²) in [6.45, 7) is 4.01. The van der Waals surface area contributed by atoms with Crippen LogP contribution >= 0.6 is 0 Å². The molecule has 2 heterocycles. The molecule has 26 heavy (non-hydrogen) atoms. The van der Waals surface area contributed by atoms with Gasteiger partial charge in [0, 0.05) is 26.2 Å². The van der Waals surface area contributed by atoms with Crippen molar-refractivity contribution >= 4 is 5.91 Å². The van der Waals surface area contributed by atoms with Gasteiger partial charge in [-0.2, -0.15) is 0 Å². The smallest absolute Gasteiger partial charge is 0.227 e.